The zero-order chi connectivity index (χ0) is 21.5. The summed E-state index contributed by atoms with van der Waals surface area (Å²) < 4.78 is 17.6. The van der Waals surface area contributed by atoms with Gasteiger partial charge in [-0.05, 0) is 56.2 Å². The van der Waals surface area contributed by atoms with Crippen molar-refractivity contribution in [3.8, 4) is 11.9 Å². The van der Waals surface area contributed by atoms with E-state index in [-0.39, 0.29) is 17.4 Å². The largest absolute Gasteiger partial charge is 0.477 e. The summed E-state index contributed by atoms with van der Waals surface area (Å²) in [6.45, 7) is 7.10. The molecule has 1 aromatic heterocycles. The second-order valence-electron chi connectivity index (χ2n) is 7.56. The first-order valence-corrected chi connectivity index (χ1v) is 10.0. The number of hydrogen-bond donors (Lipinski definition) is 0. The third-order valence-electron chi connectivity index (χ3n) is 5.19. The minimum Gasteiger partial charge on any atom is -0.477 e. The van der Waals surface area contributed by atoms with E-state index in [1.807, 2.05) is 24.0 Å². The summed E-state index contributed by atoms with van der Waals surface area (Å²) in [6.07, 6.45) is 6.43. The lowest BCUT2D eigenvalue weighted by Gasteiger charge is -2.19. The van der Waals surface area contributed by atoms with Crippen molar-refractivity contribution in [2.75, 3.05) is 13.2 Å². The van der Waals surface area contributed by atoms with Crippen molar-refractivity contribution < 1.29 is 13.9 Å². The zero-order valence-electron chi connectivity index (χ0n) is 17.1. The van der Waals surface area contributed by atoms with Gasteiger partial charge in [-0.15, -0.1) is 0 Å². The Morgan fingerprint density at radius 1 is 1.40 bits per heavy atom. The number of nitrogens with zero attached hydrogens (tertiary/aromatic N) is 4. The fraction of sp³-hybridized carbons (Fsp3) is 0.391. The molecule has 2 fully saturated rings. The standard InChI is InChI=1S/C16H18N4O2.C7H7F/c1-11(16(21)20-5-4-12-7-14(12)20)3-2-6-22-15-10-18-13(8-17)9-19-15;1-6-3-2-4-7(8)5-6/h9-10,12,14H,1-7H2;2-5H,1H3. The molecule has 1 saturated heterocycles. The zero-order valence-corrected chi connectivity index (χ0v) is 17.1. The lowest BCUT2D eigenvalue weighted by Crippen LogP contribution is -2.31. The van der Waals surface area contributed by atoms with E-state index in [0.717, 1.165) is 24.4 Å². The normalized spacial score (nSPS) is 18.5. The molecule has 0 bridgehead atoms. The smallest absolute Gasteiger partial charge is 0.249 e. The molecule has 30 heavy (non-hydrogen) atoms. The molecule has 0 spiro atoms. The highest BCUT2D eigenvalue weighted by atomic mass is 19.1. The number of piperidine rings is 1. The number of carbonyl (C=O) groups is 1. The fourth-order valence-electron chi connectivity index (χ4n) is 3.47. The summed E-state index contributed by atoms with van der Waals surface area (Å²) >= 11 is 0. The Bertz CT molecular complexity index is 922. The molecule has 0 radical (unpaired) electrons. The van der Waals surface area contributed by atoms with Crippen LogP contribution in [0.3, 0.4) is 0 Å². The van der Waals surface area contributed by atoms with Crippen LogP contribution in [0, 0.1) is 30.0 Å². The van der Waals surface area contributed by atoms with Gasteiger partial charge in [-0.3, -0.25) is 4.79 Å². The number of ether oxygens (including phenoxy) is 1. The summed E-state index contributed by atoms with van der Waals surface area (Å²) in [6, 6.07) is 8.88. The van der Waals surface area contributed by atoms with Crippen LogP contribution in [0.2, 0.25) is 0 Å². The number of hydrogen-bond acceptors (Lipinski definition) is 5. The van der Waals surface area contributed by atoms with Crippen molar-refractivity contribution in [2.24, 2.45) is 5.92 Å². The minimum absolute atomic E-state index is 0.100. The van der Waals surface area contributed by atoms with Crippen LogP contribution in [0.1, 0.15) is 36.9 Å². The predicted octanol–water partition coefficient (Wildman–Crippen LogP) is 3.82. The first-order valence-electron chi connectivity index (χ1n) is 10.0. The first-order chi connectivity index (χ1) is 14.5. The van der Waals surface area contributed by atoms with E-state index in [9.17, 15) is 9.18 Å². The van der Waals surface area contributed by atoms with Gasteiger partial charge in [0, 0.05) is 18.2 Å². The van der Waals surface area contributed by atoms with E-state index in [0.29, 0.717) is 36.9 Å². The maximum Gasteiger partial charge on any atom is 0.249 e. The SMILES string of the molecule is C=C(CCCOc1cnc(C#N)cn1)C(=O)N1CCC2CC21.Cc1cccc(F)c1. The van der Waals surface area contributed by atoms with E-state index in [1.54, 1.807) is 6.07 Å². The number of rotatable bonds is 6. The second kappa shape index (κ2) is 9.97. The van der Waals surface area contributed by atoms with Crippen LogP contribution in [-0.4, -0.2) is 40.0 Å². The van der Waals surface area contributed by atoms with E-state index in [2.05, 4.69) is 16.5 Å². The summed E-state index contributed by atoms with van der Waals surface area (Å²) in [5.41, 5.74) is 1.88. The van der Waals surface area contributed by atoms with Crippen molar-refractivity contribution in [3.05, 3.63) is 65.9 Å². The maximum atomic E-state index is 12.2. The topological polar surface area (TPSA) is 79.1 Å². The Kier molecular flexibility index (Phi) is 7.12. The average molecular weight is 408 g/mol. The van der Waals surface area contributed by atoms with Gasteiger partial charge in [0.05, 0.1) is 19.0 Å². The van der Waals surface area contributed by atoms with Gasteiger partial charge in [-0.25, -0.2) is 14.4 Å². The molecule has 0 N–H and O–H groups in total. The van der Waals surface area contributed by atoms with E-state index < -0.39 is 0 Å². The minimum atomic E-state index is -0.162. The molecule has 1 amide bonds. The van der Waals surface area contributed by atoms with Crippen molar-refractivity contribution in [2.45, 2.75) is 38.6 Å². The van der Waals surface area contributed by atoms with Gasteiger partial charge in [0.25, 0.3) is 0 Å². The van der Waals surface area contributed by atoms with Crippen LogP contribution in [0.25, 0.3) is 0 Å². The molecule has 1 aliphatic carbocycles. The summed E-state index contributed by atoms with van der Waals surface area (Å²) in [5.74, 6) is 1.07. The second-order valence-corrected chi connectivity index (χ2v) is 7.56. The molecule has 1 saturated carbocycles. The van der Waals surface area contributed by atoms with E-state index in [4.69, 9.17) is 10.00 Å². The summed E-state index contributed by atoms with van der Waals surface area (Å²) in [7, 11) is 0. The van der Waals surface area contributed by atoms with Crippen LogP contribution < -0.4 is 4.74 Å². The van der Waals surface area contributed by atoms with Gasteiger partial charge in [0.1, 0.15) is 11.9 Å². The Balaban J connectivity index is 0.000000269. The summed E-state index contributed by atoms with van der Waals surface area (Å²) in [5, 5.41) is 8.63. The van der Waals surface area contributed by atoms with Gasteiger partial charge in [-0.2, -0.15) is 5.26 Å². The maximum absolute atomic E-state index is 12.2. The highest BCUT2D eigenvalue weighted by Crippen LogP contribution is 2.44. The van der Waals surface area contributed by atoms with Gasteiger partial charge < -0.3 is 9.64 Å². The molecule has 4 rings (SSSR count). The third kappa shape index (κ3) is 5.86. The molecule has 2 atom stereocenters. The Hall–Kier alpha value is -3.27. The molecule has 1 aliphatic heterocycles. The van der Waals surface area contributed by atoms with Gasteiger partial charge >= 0.3 is 0 Å². The van der Waals surface area contributed by atoms with Gasteiger partial charge in [0.2, 0.25) is 11.8 Å². The summed E-state index contributed by atoms with van der Waals surface area (Å²) in [4.78, 5) is 22.1. The van der Waals surface area contributed by atoms with Crippen molar-refractivity contribution in [1.82, 2.24) is 14.9 Å². The number of carbonyl (C=O) groups excluding carboxylic acids is 1. The average Bonchev–Trinajstić information content (AvgIpc) is 3.41. The lowest BCUT2D eigenvalue weighted by atomic mass is 10.1. The molecule has 2 aliphatic rings. The van der Waals surface area contributed by atoms with Crippen molar-refractivity contribution in [3.63, 3.8) is 0 Å². The van der Waals surface area contributed by atoms with Crippen molar-refractivity contribution in [1.29, 1.82) is 5.26 Å². The van der Waals surface area contributed by atoms with E-state index in [1.165, 1.54) is 30.9 Å². The monoisotopic (exact) mass is 408 g/mol. The highest BCUT2D eigenvalue weighted by molar-refractivity contribution is 5.93. The van der Waals surface area contributed by atoms with Crippen LogP contribution in [0.4, 0.5) is 4.39 Å². The van der Waals surface area contributed by atoms with Gasteiger partial charge in [0.15, 0.2) is 5.69 Å². The third-order valence-corrected chi connectivity index (χ3v) is 5.19. The predicted molar refractivity (Wildman–Crippen MR) is 110 cm³/mol. The number of halogens is 1. The number of fused-ring (bicyclic) bond motifs is 1. The van der Waals surface area contributed by atoms with Gasteiger partial charge in [-0.1, -0.05) is 18.7 Å². The van der Waals surface area contributed by atoms with Crippen LogP contribution in [-0.2, 0) is 4.79 Å². The highest BCUT2D eigenvalue weighted by Gasteiger charge is 2.48. The van der Waals surface area contributed by atoms with E-state index >= 15 is 0 Å². The molecule has 2 aromatic rings. The number of aryl methyl sites for hydroxylation is 1. The van der Waals surface area contributed by atoms with Crippen LogP contribution in [0.15, 0.2) is 48.8 Å². The number of likely N-dealkylation sites (tertiary alicyclic amines) is 1. The molecule has 2 unspecified atom stereocenters. The molecule has 6 nitrogen and oxygen atoms in total. The number of aromatic nitrogens is 2. The number of benzene rings is 1. The molecular formula is C23H25FN4O2. The quantitative estimate of drug-likeness (QED) is 0.536. The molecular weight excluding hydrogens is 383 g/mol. The first kappa shape index (κ1) is 21.4. The Morgan fingerprint density at radius 2 is 2.23 bits per heavy atom. The fourth-order valence-corrected chi connectivity index (χ4v) is 3.47. The number of nitriles is 1. The molecule has 7 heteroatoms. The molecule has 2 heterocycles. The van der Waals surface area contributed by atoms with Crippen LogP contribution >= 0.6 is 0 Å². The Morgan fingerprint density at radius 3 is 2.77 bits per heavy atom. The number of amides is 1. The van der Waals surface area contributed by atoms with Crippen LogP contribution in [0.5, 0.6) is 5.88 Å². The van der Waals surface area contributed by atoms with Crippen molar-refractivity contribution >= 4 is 5.91 Å². The lowest BCUT2D eigenvalue weighted by molar-refractivity contribution is -0.127. The molecule has 156 valence electrons. The molecule has 1 aromatic carbocycles. The Labute approximate surface area is 176 Å².